The quantitative estimate of drug-likeness (QED) is 0.872. The molecule has 106 valence electrons. The predicted molar refractivity (Wildman–Crippen MR) is 79.8 cm³/mol. The van der Waals surface area contributed by atoms with Crippen molar-refractivity contribution in [2.75, 3.05) is 18.9 Å². The third-order valence-corrected chi connectivity index (χ3v) is 3.80. The summed E-state index contributed by atoms with van der Waals surface area (Å²) in [6, 6.07) is 5.95. The lowest BCUT2D eigenvalue weighted by molar-refractivity contribution is -0.885. The summed E-state index contributed by atoms with van der Waals surface area (Å²) in [5.41, 5.74) is 1.64. The molecule has 0 saturated carbocycles. The van der Waals surface area contributed by atoms with Gasteiger partial charge in [-0.05, 0) is 35.0 Å². The molecule has 1 unspecified atom stereocenters. The molecule has 1 atom stereocenters. The number of likely N-dealkylation sites (N-methyl/N-ethyl adjacent to an activating group) is 1. The van der Waals surface area contributed by atoms with E-state index in [2.05, 4.69) is 10.7 Å². The average Bonchev–Trinajstić information content (AvgIpc) is 2.85. The van der Waals surface area contributed by atoms with Gasteiger partial charge in [0.1, 0.15) is 12.4 Å². The summed E-state index contributed by atoms with van der Waals surface area (Å²) < 4.78 is 12.9. The van der Waals surface area contributed by atoms with E-state index in [4.69, 9.17) is 11.6 Å². The second-order valence-corrected chi connectivity index (χ2v) is 5.80. The molecule has 2 aromatic rings. The van der Waals surface area contributed by atoms with Gasteiger partial charge in [0.05, 0.1) is 17.8 Å². The number of carbonyl (C=O) groups excluding carboxylic acids is 1. The summed E-state index contributed by atoms with van der Waals surface area (Å²) in [5, 5.41) is 6.98. The van der Waals surface area contributed by atoms with Crippen molar-refractivity contribution in [2.45, 2.75) is 6.54 Å². The maximum absolute atomic E-state index is 12.9. The normalized spacial score (nSPS) is 12.2. The minimum absolute atomic E-state index is 0.147. The van der Waals surface area contributed by atoms with Gasteiger partial charge >= 0.3 is 0 Å². The molecular formula is C14H15ClFN2OS+. The van der Waals surface area contributed by atoms with Crippen molar-refractivity contribution in [3.8, 4) is 0 Å². The molecule has 1 aromatic carbocycles. The molecule has 2 N–H and O–H groups in total. The Morgan fingerprint density at radius 2 is 2.25 bits per heavy atom. The van der Waals surface area contributed by atoms with E-state index in [1.54, 1.807) is 11.3 Å². The number of anilines is 1. The summed E-state index contributed by atoms with van der Waals surface area (Å²) in [6.45, 7) is 1.11. The van der Waals surface area contributed by atoms with Crippen molar-refractivity contribution >= 4 is 34.5 Å². The van der Waals surface area contributed by atoms with Crippen LogP contribution in [-0.2, 0) is 11.3 Å². The largest absolute Gasteiger partial charge is 0.326 e. The van der Waals surface area contributed by atoms with Gasteiger partial charge in [-0.3, -0.25) is 4.79 Å². The highest BCUT2D eigenvalue weighted by molar-refractivity contribution is 7.07. The number of thiophene rings is 1. The van der Waals surface area contributed by atoms with Gasteiger partial charge in [0, 0.05) is 5.56 Å². The molecule has 1 aromatic heterocycles. The number of nitrogens with one attached hydrogen (secondary N) is 2. The first-order valence-electron chi connectivity index (χ1n) is 6.12. The van der Waals surface area contributed by atoms with Crippen LogP contribution in [0.2, 0.25) is 5.02 Å². The summed E-state index contributed by atoms with van der Waals surface area (Å²) in [6.07, 6.45) is 0. The molecule has 20 heavy (non-hydrogen) atoms. The minimum Gasteiger partial charge on any atom is -0.326 e. The molecule has 0 bridgehead atoms. The Hall–Kier alpha value is -1.43. The molecule has 0 saturated heterocycles. The zero-order valence-corrected chi connectivity index (χ0v) is 12.5. The van der Waals surface area contributed by atoms with Crippen molar-refractivity contribution in [2.24, 2.45) is 0 Å². The Labute approximate surface area is 126 Å². The highest BCUT2D eigenvalue weighted by Crippen LogP contribution is 2.21. The van der Waals surface area contributed by atoms with Gasteiger partial charge in [-0.15, -0.1) is 0 Å². The lowest BCUT2D eigenvalue weighted by Crippen LogP contribution is -3.08. The Kier molecular flexibility index (Phi) is 5.11. The fourth-order valence-electron chi connectivity index (χ4n) is 1.86. The van der Waals surface area contributed by atoms with Crippen LogP contribution in [0.15, 0.2) is 35.0 Å². The minimum atomic E-state index is -0.423. The number of rotatable bonds is 5. The fourth-order valence-corrected chi connectivity index (χ4v) is 2.75. The predicted octanol–water partition coefficient (Wildman–Crippen LogP) is 2.19. The van der Waals surface area contributed by atoms with Crippen LogP contribution in [0.5, 0.6) is 0 Å². The van der Waals surface area contributed by atoms with Crippen LogP contribution in [0.25, 0.3) is 0 Å². The fraction of sp³-hybridized carbons (Fsp3) is 0.214. The summed E-state index contributed by atoms with van der Waals surface area (Å²) in [7, 11) is 1.95. The highest BCUT2D eigenvalue weighted by Gasteiger charge is 2.12. The third-order valence-electron chi connectivity index (χ3n) is 2.75. The molecule has 0 radical (unpaired) electrons. The van der Waals surface area contributed by atoms with E-state index in [-0.39, 0.29) is 10.9 Å². The molecule has 6 heteroatoms. The van der Waals surface area contributed by atoms with Crippen LogP contribution < -0.4 is 10.2 Å². The van der Waals surface area contributed by atoms with Crippen LogP contribution in [0.3, 0.4) is 0 Å². The van der Waals surface area contributed by atoms with Crippen LogP contribution in [0.4, 0.5) is 10.1 Å². The van der Waals surface area contributed by atoms with E-state index in [0.29, 0.717) is 12.2 Å². The SMILES string of the molecule is C[NH+](CC(=O)Nc1ccc(F)cc1Cl)Cc1ccsc1. The number of benzene rings is 1. The Morgan fingerprint density at radius 3 is 2.90 bits per heavy atom. The Balaban J connectivity index is 1.88. The van der Waals surface area contributed by atoms with Crippen molar-refractivity contribution in [1.82, 2.24) is 0 Å². The summed E-state index contributed by atoms with van der Waals surface area (Å²) in [5.74, 6) is -0.570. The first-order valence-corrected chi connectivity index (χ1v) is 7.44. The smallest absolute Gasteiger partial charge is 0.279 e. The second-order valence-electron chi connectivity index (χ2n) is 4.61. The zero-order chi connectivity index (χ0) is 14.5. The lowest BCUT2D eigenvalue weighted by Gasteiger charge is -2.13. The van der Waals surface area contributed by atoms with Crippen molar-refractivity contribution < 1.29 is 14.1 Å². The van der Waals surface area contributed by atoms with Gasteiger partial charge in [-0.2, -0.15) is 11.3 Å². The van der Waals surface area contributed by atoms with Gasteiger partial charge < -0.3 is 10.2 Å². The van der Waals surface area contributed by atoms with Crippen molar-refractivity contribution in [1.29, 1.82) is 0 Å². The van der Waals surface area contributed by atoms with Crippen molar-refractivity contribution in [3.05, 3.63) is 51.4 Å². The second kappa shape index (κ2) is 6.83. The number of hydrogen-bond donors (Lipinski definition) is 2. The maximum Gasteiger partial charge on any atom is 0.279 e. The zero-order valence-electron chi connectivity index (χ0n) is 11.0. The van der Waals surface area contributed by atoms with E-state index in [0.717, 1.165) is 11.4 Å². The van der Waals surface area contributed by atoms with E-state index in [1.807, 2.05) is 18.5 Å². The first-order chi connectivity index (χ1) is 9.54. The molecular weight excluding hydrogens is 299 g/mol. The van der Waals surface area contributed by atoms with E-state index in [1.165, 1.54) is 23.8 Å². The Bertz CT molecular complexity index is 589. The van der Waals surface area contributed by atoms with Gasteiger partial charge in [-0.1, -0.05) is 11.6 Å². The summed E-state index contributed by atoms with van der Waals surface area (Å²) >= 11 is 7.50. The van der Waals surface area contributed by atoms with E-state index < -0.39 is 5.82 Å². The maximum atomic E-state index is 12.9. The number of halogens is 2. The van der Waals surface area contributed by atoms with Crippen molar-refractivity contribution in [3.63, 3.8) is 0 Å². The molecule has 0 fully saturated rings. The molecule has 0 aliphatic rings. The molecule has 0 aliphatic heterocycles. The van der Waals surface area contributed by atoms with Crippen LogP contribution in [0, 0.1) is 5.82 Å². The van der Waals surface area contributed by atoms with Crippen LogP contribution in [0.1, 0.15) is 5.56 Å². The summed E-state index contributed by atoms with van der Waals surface area (Å²) in [4.78, 5) is 13.0. The molecule has 1 amide bonds. The molecule has 0 spiro atoms. The third kappa shape index (κ3) is 4.30. The molecule has 0 aliphatic carbocycles. The van der Waals surface area contributed by atoms with Gasteiger partial charge in [0.25, 0.3) is 5.91 Å². The number of carbonyl (C=O) groups is 1. The van der Waals surface area contributed by atoms with E-state index >= 15 is 0 Å². The first kappa shape index (κ1) is 15.0. The molecule has 2 rings (SSSR count). The lowest BCUT2D eigenvalue weighted by atomic mass is 10.3. The van der Waals surface area contributed by atoms with E-state index in [9.17, 15) is 9.18 Å². The highest BCUT2D eigenvalue weighted by atomic mass is 35.5. The monoisotopic (exact) mass is 313 g/mol. The Morgan fingerprint density at radius 1 is 1.45 bits per heavy atom. The average molecular weight is 314 g/mol. The number of hydrogen-bond acceptors (Lipinski definition) is 2. The number of quaternary nitrogens is 1. The number of amides is 1. The van der Waals surface area contributed by atoms with Gasteiger partial charge in [0.15, 0.2) is 6.54 Å². The van der Waals surface area contributed by atoms with Crippen LogP contribution >= 0.6 is 22.9 Å². The molecule has 1 heterocycles. The molecule has 3 nitrogen and oxygen atoms in total. The van der Waals surface area contributed by atoms with Gasteiger partial charge in [0.2, 0.25) is 0 Å². The van der Waals surface area contributed by atoms with Gasteiger partial charge in [-0.25, -0.2) is 4.39 Å². The van der Waals surface area contributed by atoms with Crippen LogP contribution in [-0.4, -0.2) is 19.5 Å². The standard InChI is InChI=1S/C14H14ClFN2OS/c1-18(7-10-4-5-20-9-10)8-14(19)17-13-3-2-11(16)6-12(13)15/h2-6,9H,7-8H2,1H3,(H,17,19)/p+1. The topological polar surface area (TPSA) is 33.5 Å².